The third kappa shape index (κ3) is 8.01. The van der Waals surface area contributed by atoms with Crippen molar-refractivity contribution in [2.75, 3.05) is 26.2 Å². The van der Waals surface area contributed by atoms with Crippen LogP contribution < -0.4 is 5.32 Å². The summed E-state index contributed by atoms with van der Waals surface area (Å²) in [7, 11) is 0. The number of amides is 1. The highest BCUT2D eigenvalue weighted by Gasteiger charge is 2.25. The Bertz CT molecular complexity index is 560. The number of ether oxygens (including phenoxy) is 1. The summed E-state index contributed by atoms with van der Waals surface area (Å²) >= 11 is 0. The zero-order valence-corrected chi connectivity index (χ0v) is 15.2. The lowest BCUT2D eigenvalue weighted by Gasteiger charge is -2.30. The molecule has 0 aliphatic carbocycles. The second-order valence-corrected chi connectivity index (χ2v) is 6.18. The van der Waals surface area contributed by atoms with E-state index >= 15 is 0 Å². The molecule has 0 atom stereocenters. The van der Waals surface area contributed by atoms with Gasteiger partial charge in [0.2, 0.25) is 0 Å². The molecule has 0 aromatic rings. The van der Waals surface area contributed by atoms with Gasteiger partial charge in [-0.3, -0.25) is 14.4 Å². The van der Waals surface area contributed by atoms with Crippen LogP contribution in [0, 0.1) is 17.2 Å². The van der Waals surface area contributed by atoms with E-state index in [-0.39, 0.29) is 23.9 Å². The summed E-state index contributed by atoms with van der Waals surface area (Å²) in [6.45, 7) is 3.74. The van der Waals surface area contributed by atoms with Crippen molar-refractivity contribution in [3.8, 4) is 6.07 Å². The van der Waals surface area contributed by atoms with Gasteiger partial charge >= 0.3 is 11.9 Å². The largest absolute Gasteiger partial charge is 0.481 e. The van der Waals surface area contributed by atoms with Gasteiger partial charge < -0.3 is 20.1 Å². The monoisotopic (exact) mass is 365 g/mol. The number of carboxylic acid groups (broad SMARTS) is 1. The van der Waals surface area contributed by atoms with Gasteiger partial charge in [0.25, 0.3) is 5.91 Å². The van der Waals surface area contributed by atoms with Crippen molar-refractivity contribution in [1.29, 1.82) is 5.26 Å². The molecule has 1 amide bonds. The number of hydrogen-bond acceptors (Lipinski definition) is 6. The maximum absolute atomic E-state index is 12.0. The number of hydrogen-bond donors (Lipinski definition) is 2. The second kappa shape index (κ2) is 11.9. The average Bonchev–Trinajstić information content (AvgIpc) is 2.62. The molecule has 0 spiro atoms. The van der Waals surface area contributed by atoms with E-state index in [9.17, 15) is 19.6 Å². The molecule has 0 aromatic heterocycles. The van der Waals surface area contributed by atoms with E-state index in [0.717, 1.165) is 0 Å². The van der Waals surface area contributed by atoms with Crippen molar-refractivity contribution in [1.82, 2.24) is 10.2 Å². The average molecular weight is 365 g/mol. The number of likely N-dealkylation sites (tertiary alicyclic amines) is 1. The molecule has 8 nitrogen and oxygen atoms in total. The second-order valence-electron chi connectivity index (χ2n) is 6.18. The van der Waals surface area contributed by atoms with Crippen LogP contribution in [0.5, 0.6) is 0 Å². The van der Waals surface area contributed by atoms with E-state index in [0.29, 0.717) is 58.3 Å². The van der Waals surface area contributed by atoms with E-state index in [4.69, 9.17) is 9.84 Å². The number of aliphatic carboxylic acids is 1. The summed E-state index contributed by atoms with van der Waals surface area (Å²) < 4.78 is 5.02. The maximum Gasteiger partial charge on any atom is 0.309 e. The molecule has 1 fully saturated rings. The van der Waals surface area contributed by atoms with Crippen molar-refractivity contribution < 1.29 is 24.2 Å². The van der Waals surface area contributed by atoms with Crippen LogP contribution in [-0.4, -0.2) is 54.1 Å². The Kier molecular flexibility index (Phi) is 9.83. The van der Waals surface area contributed by atoms with Crippen LogP contribution in [0.15, 0.2) is 11.8 Å². The van der Waals surface area contributed by atoms with Crippen LogP contribution in [0.4, 0.5) is 0 Å². The molecule has 1 aliphatic heterocycles. The van der Waals surface area contributed by atoms with Gasteiger partial charge in [-0.2, -0.15) is 5.26 Å². The highest BCUT2D eigenvalue weighted by atomic mass is 16.5. The Morgan fingerprint density at radius 2 is 1.96 bits per heavy atom. The number of esters is 1. The van der Waals surface area contributed by atoms with Crippen LogP contribution in [0.1, 0.15) is 45.4 Å². The quantitative estimate of drug-likeness (QED) is 0.260. The summed E-state index contributed by atoms with van der Waals surface area (Å²) in [6, 6.07) is 1.91. The molecule has 144 valence electrons. The molecule has 8 heteroatoms. The van der Waals surface area contributed by atoms with Crippen LogP contribution in [0.3, 0.4) is 0 Å². The summed E-state index contributed by atoms with van der Waals surface area (Å²) in [5, 5.41) is 20.4. The van der Waals surface area contributed by atoms with E-state index in [1.165, 1.54) is 0 Å². The lowest BCUT2D eigenvalue weighted by molar-refractivity contribution is -0.149. The first-order valence-electron chi connectivity index (χ1n) is 9.00. The molecule has 0 bridgehead atoms. The number of nitriles is 1. The van der Waals surface area contributed by atoms with Gasteiger partial charge in [-0.1, -0.05) is 6.42 Å². The Morgan fingerprint density at radius 1 is 1.27 bits per heavy atom. The predicted octanol–water partition coefficient (Wildman–Crippen LogP) is 1.43. The van der Waals surface area contributed by atoms with Gasteiger partial charge in [-0.25, -0.2) is 0 Å². The summed E-state index contributed by atoms with van der Waals surface area (Å²) in [5.74, 6) is -1.56. The van der Waals surface area contributed by atoms with Gasteiger partial charge in [-0.15, -0.1) is 0 Å². The fraction of sp³-hybridized carbons (Fsp3) is 0.667. The van der Waals surface area contributed by atoms with Crippen molar-refractivity contribution in [2.45, 2.75) is 45.4 Å². The van der Waals surface area contributed by atoms with Crippen molar-refractivity contribution in [2.24, 2.45) is 5.92 Å². The molecular weight excluding hydrogens is 338 g/mol. The minimum absolute atomic E-state index is 0.0325. The smallest absolute Gasteiger partial charge is 0.309 e. The summed E-state index contributed by atoms with van der Waals surface area (Å²) in [4.78, 5) is 36.0. The number of carbonyl (C=O) groups is 3. The van der Waals surface area contributed by atoms with E-state index in [2.05, 4.69) is 5.32 Å². The molecule has 0 aromatic carbocycles. The molecule has 1 saturated heterocycles. The number of unbranched alkanes of at least 4 members (excludes halogenated alkanes) is 2. The molecule has 0 radical (unpaired) electrons. The first-order valence-corrected chi connectivity index (χ1v) is 9.00. The number of carbonyl (C=O) groups excluding carboxylic acids is 2. The molecule has 1 rings (SSSR count). The van der Waals surface area contributed by atoms with Crippen LogP contribution >= 0.6 is 0 Å². The Morgan fingerprint density at radius 3 is 2.54 bits per heavy atom. The number of rotatable bonds is 10. The highest BCUT2D eigenvalue weighted by molar-refractivity contribution is 5.97. The predicted molar refractivity (Wildman–Crippen MR) is 93.7 cm³/mol. The molecule has 1 heterocycles. The van der Waals surface area contributed by atoms with E-state index in [1.54, 1.807) is 13.1 Å². The van der Waals surface area contributed by atoms with E-state index < -0.39 is 11.9 Å². The summed E-state index contributed by atoms with van der Waals surface area (Å²) in [6.07, 6.45) is 4.89. The van der Waals surface area contributed by atoms with Crippen LogP contribution in [0.25, 0.3) is 0 Å². The fourth-order valence-corrected chi connectivity index (χ4v) is 2.72. The van der Waals surface area contributed by atoms with Crippen molar-refractivity contribution in [3.05, 3.63) is 11.8 Å². The first-order chi connectivity index (χ1) is 12.5. The zero-order chi connectivity index (χ0) is 19.4. The topological polar surface area (TPSA) is 120 Å². The van der Waals surface area contributed by atoms with Gasteiger partial charge in [-0.05, 0) is 32.6 Å². The standard InChI is InChI=1S/C18H27N3O5/c1-2-26-18(25)14-7-10-21(11-8-14)13-15(12-19)17(24)20-9-5-3-4-6-16(22)23/h13-14H,2-11H2,1H3,(H,20,24)(H,22,23)/b15-13-. The fourth-order valence-electron chi connectivity index (χ4n) is 2.72. The third-order valence-corrected chi connectivity index (χ3v) is 4.18. The molecule has 0 unspecified atom stereocenters. The van der Waals surface area contributed by atoms with Gasteiger partial charge in [0.05, 0.1) is 12.5 Å². The normalized spacial score (nSPS) is 15.2. The van der Waals surface area contributed by atoms with Crippen LogP contribution in [0.2, 0.25) is 0 Å². The van der Waals surface area contributed by atoms with Crippen LogP contribution in [-0.2, 0) is 19.1 Å². The van der Waals surface area contributed by atoms with Gasteiger partial charge in [0.1, 0.15) is 11.6 Å². The number of nitrogens with zero attached hydrogens (tertiary/aromatic N) is 2. The minimum Gasteiger partial charge on any atom is -0.481 e. The SMILES string of the molecule is CCOC(=O)C1CCN(/C=C(/C#N)C(=O)NCCCCCC(=O)O)CC1. The minimum atomic E-state index is -0.824. The van der Waals surface area contributed by atoms with Gasteiger partial charge in [0.15, 0.2) is 0 Å². The third-order valence-electron chi connectivity index (χ3n) is 4.18. The Labute approximate surface area is 153 Å². The maximum atomic E-state index is 12.0. The van der Waals surface area contributed by atoms with E-state index in [1.807, 2.05) is 11.0 Å². The molecule has 1 aliphatic rings. The molecular formula is C18H27N3O5. The summed E-state index contributed by atoms with van der Waals surface area (Å²) in [5.41, 5.74) is 0.0325. The Hall–Kier alpha value is -2.56. The number of piperidine rings is 1. The molecule has 0 saturated carbocycles. The first kappa shape index (κ1) is 21.5. The number of carboxylic acids is 1. The molecule has 2 N–H and O–H groups in total. The zero-order valence-electron chi connectivity index (χ0n) is 15.2. The van der Waals surface area contributed by atoms with Gasteiger partial charge in [0, 0.05) is 32.3 Å². The highest BCUT2D eigenvalue weighted by Crippen LogP contribution is 2.19. The lowest BCUT2D eigenvalue weighted by Crippen LogP contribution is -2.35. The lowest BCUT2D eigenvalue weighted by atomic mass is 9.97. The molecule has 26 heavy (non-hydrogen) atoms. The van der Waals surface area contributed by atoms with Crippen molar-refractivity contribution >= 4 is 17.8 Å². The van der Waals surface area contributed by atoms with Crippen molar-refractivity contribution in [3.63, 3.8) is 0 Å². The Balaban J connectivity index is 2.36. The number of nitrogens with one attached hydrogen (secondary N) is 1.